The summed E-state index contributed by atoms with van der Waals surface area (Å²) in [6, 6.07) is 0. The number of amides is 1. The summed E-state index contributed by atoms with van der Waals surface area (Å²) in [6.07, 6.45) is 4.27. The van der Waals surface area contributed by atoms with Crippen molar-refractivity contribution in [2.75, 3.05) is 0 Å². The molecule has 0 fully saturated rings. The van der Waals surface area contributed by atoms with Gasteiger partial charge >= 0.3 is 0 Å². The van der Waals surface area contributed by atoms with Crippen molar-refractivity contribution in [2.45, 2.75) is 26.3 Å². The van der Waals surface area contributed by atoms with Crippen molar-refractivity contribution in [1.29, 1.82) is 0 Å². The summed E-state index contributed by atoms with van der Waals surface area (Å²) in [5, 5.41) is 7.25. The number of aromatic nitrogens is 3. The molecule has 0 radical (unpaired) electrons. The third-order valence-electron chi connectivity index (χ3n) is 2.21. The molecule has 7 heteroatoms. The summed E-state index contributed by atoms with van der Waals surface area (Å²) in [5.74, 6) is 3.65. The van der Waals surface area contributed by atoms with E-state index in [1.165, 1.54) is 10.9 Å². The summed E-state index contributed by atoms with van der Waals surface area (Å²) >= 11 is 0. The van der Waals surface area contributed by atoms with E-state index in [1.54, 1.807) is 6.20 Å². The molecule has 0 bridgehead atoms. The van der Waals surface area contributed by atoms with E-state index in [0.29, 0.717) is 6.42 Å². The van der Waals surface area contributed by atoms with E-state index >= 15 is 0 Å². The molecule has 1 aromatic heterocycles. The van der Waals surface area contributed by atoms with E-state index in [0.717, 1.165) is 6.42 Å². The molecule has 0 aliphatic carbocycles. The smallest absolute Gasteiger partial charge is 0.244 e. The van der Waals surface area contributed by atoms with E-state index < -0.39 is 11.8 Å². The van der Waals surface area contributed by atoms with Crippen LogP contribution in [0.25, 0.3) is 0 Å². The summed E-state index contributed by atoms with van der Waals surface area (Å²) in [4.78, 5) is 23.2. The Balaban J connectivity index is 2.64. The number of hydrogen-bond donors (Lipinski definition) is 2. The first kappa shape index (κ1) is 12.3. The van der Waals surface area contributed by atoms with E-state index in [1.807, 2.05) is 12.3 Å². The molecular formula is C9H15N5O2. The Labute approximate surface area is 93.0 Å². The second-order valence-corrected chi connectivity index (χ2v) is 3.42. The van der Waals surface area contributed by atoms with E-state index in [9.17, 15) is 9.59 Å². The molecule has 1 amide bonds. The third kappa shape index (κ3) is 3.13. The highest BCUT2D eigenvalue weighted by molar-refractivity contribution is 6.00. The topological polar surface area (TPSA) is 103 Å². The molecule has 0 aromatic carbocycles. The summed E-state index contributed by atoms with van der Waals surface area (Å²) in [6.45, 7) is 1.94. The second-order valence-electron chi connectivity index (χ2n) is 3.42. The van der Waals surface area contributed by atoms with Crippen LogP contribution in [0.5, 0.6) is 0 Å². The molecule has 0 aliphatic heterocycles. The largest absolute Gasteiger partial charge is 0.297 e. The van der Waals surface area contributed by atoms with Crippen LogP contribution < -0.4 is 11.3 Å². The number of rotatable bonds is 6. The minimum atomic E-state index is -0.709. The molecular weight excluding hydrogens is 210 g/mol. The van der Waals surface area contributed by atoms with E-state index in [4.69, 9.17) is 5.84 Å². The first-order valence-electron chi connectivity index (χ1n) is 5.06. The minimum absolute atomic E-state index is 0.0398. The van der Waals surface area contributed by atoms with Crippen LogP contribution in [0.1, 0.15) is 19.8 Å². The van der Waals surface area contributed by atoms with Crippen molar-refractivity contribution in [3.05, 3.63) is 12.4 Å². The first-order chi connectivity index (χ1) is 7.69. The maximum atomic E-state index is 11.8. The minimum Gasteiger partial charge on any atom is -0.297 e. The molecule has 0 saturated heterocycles. The molecule has 16 heavy (non-hydrogen) atoms. The summed E-state index contributed by atoms with van der Waals surface area (Å²) in [7, 11) is 0. The van der Waals surface area contributed by atoms with Gasteiger partial charge < -0.3 is 0 Å². The Bertz CT molecular complexity index is 349. The number of hydrogen-bond acceptors (Lipinski definition) is 5. The van der Waals surface area contributed by atoms with Crippen LogP contribution in [0.2, 0.25) is 0 Å². The zero-order valence-electron chi connectivity index (χ0n) is 9.09. The molecule has 1 rings (SSSR count). The lowest BCUT2D eigenvalue weighted by Crippen LogP contribution is -2.40. The number of nitrogens with one attached hydrogen (secondary N) is 1. The van der Waals surface area contributed by atoms with Gasteiger partial charge in [0.05, 0.1) is 12.1 Å². The van der Waals surface area contributed by atoms with Gasteiger partial charge in [0.25, 0.3) is 0 Å². The fraction of sp³-hybridized carbons (Fsp3) is 0.556. The third-order valence-corrected chi connectivity index (χ3v) is 2.21. The van der Waals surface area contributed by atoms with Crippen molar-refractivity contribution in [1.82, 2.24) is 20.4 Å². The number of nitrogens with zero attached hydrogens (tertiary/aromatic N) is 3. The number of carbonyl (C=O) groups is 2. The molecule has 1 heterocycles. The zero-order chi connectivity index (χ0) is 12.0. The van der Waals surface area contributed by atoms with Crippen molar-refractivity contribution < 1.29 is 9.59 Å². The number of carbonyl (C=O) groups excluding carboxylic acids is 2. The maximum Gasteiger partial charge on any atom is 0.244 e. The first-order valence-corrected chi connectivity index (χ1v) is 5.06. The Morgan fingerprint density at radius 2 is 2.31 bits per heavy atom. The number of ketones is 1. The molecule has 0 spiro atoms. The van der Waals surface area contributed by atoms with Crippen LogP contribution in [0.15, 0.2) is 12.4 Å². The van der Waals surface area contributed by atoms with E-state index in [2.05, 4.69) is 10.3 Å². The maximum absolute atomic E-state index is 11.8. The molecule has 1 unspecified atom stereocenters. The van der Waals surface area contributed by atoms with Crippen LogP contribution in [0, 0.1) is 5.92 Å². The average Bonchev–Trinajstić information content (AvgIpc) is 2.77. The Morgan fingerprint density at radius 3 is 2.81 bits per heavy atom. The fourth-order valence-corrected chi connectivity index (χ4v) is 1.41. The highest BCUT2D eigenvalue weighted by atomic mass is 16.2. The molecule has 1 aromatic rings. The lowest BCUT2D eigenvalue weighted by Gasteiger charge is -2.12. The normalized spacial score (nSPS) is 12.1. The summed E-state index contributed by atoms with van der Waals surface area (Å²) < 4.78 is 1.38. The molecule has 88 valence electrons. The van der Waals surface area contributed by atoms with Crippen molar-refractivity contribution in [3.8, 4) is 0 Å². The van der Waals surface area contributed by atoms with Crippen molar-refractivity contribution in [3.63, 3.8) is 0 Å². The van der Waals surface area contributed by atoms with E-state index in [-0.39, 0.29) is 12.3 Å². The predicted molar refractivity (Wildman–Crippen MR) is 55.8 cm³/mol. The molecule has 0 saturated carbocycles. The van der Waals surface area contributed by atoms with Gasteiger partial charge in [-0.3, -0.25) is 15.0 Å². The Kier molecular flexibility index (Phi) is 4.59. The van der Waals surface area contributed by atoms with Crippen LogP contribution in [0.4, 0.5) is 0 Å². The zero-order valence-corrected chi connectivity index (χ0v) is 9.09. The lowest BCUT2D eigenvalue weighted by atomic mass is 9.98. The summed E-state index contributed by atoms with van der Waals surface area (Å²) in [5.41, 5.74) is 2.01. The van der Waals surface area contributed by atoms with Gasteiger partial charge in [-0.25, -0.2) is 10.5 Å². The Morgan fingerprint density at radius 1 is 1.56 bits per heavy atom. The molecule has 7 nitrogen and oxygen atoms in total. The molecule has 3 N–H and O–H groups in total. The number of nitrogens with two attached hydrogens (primary N) is 1. The molecule has 1 atom stereocenters. The highest BCUT2D eigenvalue weighted by Crippen LogP contribution is 2.08. The fourth-order valence-electron chi connectivity index (χ4n) is 1.41. The van der Waals surface area contributed by atoms with Gasteiger partial charge in [-0.2, -0.15) is 0 Å². The Hall–Kier alpha value is -1.76. The van der Waals surface area contributed by atoms with Crippen LogP contribution in [0.3, 0.4) is 0 Å². The average molecular weight is 225 g/mol. The predicted octanol–water partition coefficient (Wildman–Crippen LogP) is -0.747. The second kappa shape index (κ2) is 5.96. The monoisotopic (exact) mass is 225 g/mol. The molecule has 0 aliphatic rings. The number of hydrazine groups is 1. The van der Waals surface area contributed by atoms with Gasteiger partial charge in [0.2, 0.25) is 5.91 Å². The van der Waals surface area contributed by atoms with Gasteiger partial charge in [-0.05, 0) is 6.42 Å². The quantitative estimate of drug-likeness (QED) is 0.287. The van der Waals surface area contributed by atoms with Crippen LogP contribution in [-0.4, -0.2) is 26.7 Å². The van der Waals surface area contributed by atoms with Gasteiger partial charge in [-0.15, -0.1) is 5.10 Å². The van der Waals surface area contributed by atoms with Gasteiger partial charge in [0, 0.05) is 6.20 Å². The number of Topliss-reactive ketones (excluding diaryl/α,β-unsaturated/α-hetero) is 1. The highest BCUT2D eigenvalue weighted by Gasteiger charge is 2.25. The van der Waals surface area contributed by atoms with Gasteiger partial charge in [-0.1, -0.05) is 18.6 Å². The van der Waals surface area contributed by atoms with Crippen molar-refractivity contribution in [2.24, 2.45) is 11.8 Å². The lowest BCUT2D eigenvalue weighted by molar-refractivity contribution is -0.134. The van der Waals surface area contributed by atoms with Crippen LogP contribution in [-0.2, 0) is 16.1 Å². The SMILES string of the molecule is CCCC(C(=O)Cn1ccnn1)C(=O)NN. The van der Waals surface area contributed by atoms with Gasteiger partial charge in [0.15, 0.2) is 5.78 Å². The standard InChI is InChI=1S/C9H15N5O2/c1-2-3-7(9(16)12-10)8(15)6-14-5-4-11-13-14/h4-5,7H,2-3,6,10H2,1H3,(H,12,16). The van der Waals surface area contributed by atoms with Crippen LogP contribution >= 0.6 is 0 Å². The van der Waals surface area contributed by atoms with Crippen molar-refractivity contribution >= 4 is 11.7 Å². The van der Waals surface area contributed by atoms with Gasteiger partial charge in [0.1, 0.15) is 6.54 Å².